The molecule has 1 N–H and O–H groups in total. The third-order valence-electron chi connectivity index (χ3n) is 5.53. The lowest BCUT2D eigenvalue weighted by Gasteiger charge is -2.31. The van der Waals surface area contributed by atoms with Gasteiger partial charge in [-0.2, -0.15) is 4.98 Å². The molecule has 0 saturated carbocycles. The maximum absolute atomic E-state index is 13.5. The molecule has 2 heterocycles. The summed E-state index contributed by atoms with van der Waals surface area (Å²) in [7, 11) is 1.69. The van der Waals surface area contributed by atoms with Crippen molar-refractivity contribution in [1.29, 1.82) is 0 Å². The van der Waals surface area contributed by atoms with Gasteiger partial charge in [-0.15, -0.1) is 0 Å². The van der Waals surface area contributed by atoms with Crippen molar-refractivity contribution in [2.45, 2.75) is 60.5 Å². The molecule has 0 fully saturated rings. The summed E-state index contributed by atoms with van der Waals surface area (Å²) in [5.74, 6) is 0. The number of carbonyl (C=O) groups is 2. The quantitative estimate of drug-likeness (QED) is 0.460. The summed E-state index contributed by atoms with van der Waals surface area (Å²) in [4.78, 5) is 50.7. The lowest BCUT2D eigenvalue weighted by molar-refractivity contribution is 0.0635. The second kappa shape index (κ2) is 11.2. The smallest absolute Gasteiger partial charge is 0.412 e. The van der Waals surface area contributed by atoms with E-state index in [9.17, 15) is 14.4 Å². The minimum Gasteiger partial charge on any atom is -0.444 e. The van der Waals surface area contributed by atoms with Gasteiger partial charge in [-0.3, -0.25) is 10.3 Å². The normalized spacial score (nSPS) is 11.8. The molecule has 0 aliphatic heterocycles. The number of hydrogen-bond acceptors (Lipinski definition) is 7. The Morgan fingerprint density at radius 1 is 1.08 bits per heavy atom. The summed E-state index contributed by atoms with van der Waals surface area (Å²) in [6, 6.07) is 8.48. The molecule has 0 unspecified atom stereocenters. The van der Waals surface area contributed by atoms with Gasteiger partial charge in [-0.05, 0) is 62.9 Å². The van der Waals surface area contributed by atoms with Crippen LogP contribution in [0.4, 0.5) is 21.3 Å². The van der Waals surface area contributed by atoms with Crippen LogP contribution in [0.15, 0.2) is 45.7 Å². The van der Waals surface area contributed by atoms with Gasteiger partial charge >= 0.3 is 23.8 Å². The monoisotopic (exact) mass is 523 g/mol. The molecule has 0 radical (unpaired) electrons. The molecule has 0 aliphatic rings. The lowest BCUT2D eigenvalue weighted by atomic mass is 9.96. The fraction of sp³-hybridized carbons (Fsp3) is 0.464. The van der Waals surface area contributed by atoms with E-state index in [0.29, 0.717) is 29.7 Å². The van der Waals surface area contributed by atoms with Crippen LogP contribution in [0.5, 0.6) is 0 Å². The van der Waals surface area contributed by atoms with Crippen LogP contribution in [0.25, 0.3) is 10.9 Å². The fourth-order valence-corrected chi connectivity index (χ4v) is 3.79. The number of likely N-dealkylation sites (N-methyl/N-ethyl adjacent to an activating group) is 1. The van der Waals surface area contributed by atoms with Gasteiger partial charge in [-0.1, -0.05) is 26.8 Å². The average molecular weight is 524 g/mol. The second-order valence-electron chi connectivity index (χ2n) is 11.5. The van der Waals surface area contributed by atoms with Crippen LogP contribution < -0.4 is 15.8 Å². The van der Waals surface area contributed by atoms with Crippen molar-refractivity contribution >= 4 is 34.7 Å². The zero-order valence-corrected chi connectivity index (χ0v) is 23.4. The first-order valence-electron chi connectivity index (χ1n) is 12.5. The Balaban J connectivity index is 1.92. The molecule has 10 heteroatoms. The highest BCUT2D eigenvalue weighted by atomic mass is 16.6. The molecule has 204 valence electrons. The Morgan fingerprint density at radius 2 is 1.79 bits per heavy atom. The van der Waals surface area contributed by atoms with Crippen LogP contribution >= 0.6 is 0 Å². The first-order chi connectivity index (χ1) is 17.6. The van der Waals surface area contributed by atoms with Gasteiger partial charge < -0.3 is 14.1 Å². The molecule has 0 spiro atoms. The van der Waals surface area contributed by atoms with Gasteiger partial charge in [0.05, 0.1) is 10.9 Å². The predicted octanol–water partition coefficient (Wildman–Crippen LogP) is 5.39. The molecule has 0 aliphatic carbocycles. The van der Waals surface area contributed by atoms with Gasteiger partial charge in [0, 0.05) is 44.1 Å². The van der Waals surface area contributed by atoms with E-state index in [1.165, 1.54) is 4.90 Å². The molecule has 10 nitrogen and oxygen atoms in total. The van der Waals surface area contributed by atoms with Gasteiger partial charge in [0.15, 0.2) is 0 Å². The Morgan fingerprint density at radius 3 is 2.39 bits per heavy atom. The number of benzene rings is 1. The average Bonchev–Trinajstić information content (AvgIpc) is 2.81. The van der Waals surface area contributed by atoms with Crippen molar-refractivity contribution < 1.29 is 18.7 Å². The Kier molecular flexibility index (Phi) is 8.44. The first kappa shape index (κ1) is 28.6. The standard InChI is InChI=1S/C28H37N5O5/c1-18-20(31-25(35)38-28(5,6)7)12-13-21-22(18)23(34)37-24(30-21)33(17-27(2,3)4)26(36)32(8)16-14-19-11-9-10-15-29-19/h9-13,15H,14,16-17H2,1-8H3,(H,31,35). The summed E-state index contributed by atoms with van der Waals surface area (Å²) in [5, 5.41) is 2.89. The number of anilines is 2. The number of nitrogens with zero attached hydrogens (tertiary/aromatic N) is 4. The van der Waals surface area contributed by atoms with Gasteiger partial charge in [-0.25, -0.2) is 19.3 Å². The Bertz CT molecular complexity index is 1360. The lowest BCUT2D eigenvalue weighted by Crippen LogP contribution is -2.46. The molecule has 0 saturated heterocycles. The molecule has 3 rings (SSSR count). The Hall–Kier alpha value is -3.95. The zero-order valence-electron chi connectivity index (χ0n) is 23.4. The highest BCUT2D eigenvalue weighted by Gasteiger charge is 2.29. The number of carbonyl (C=O) groups excluding carboxylic acids is 2. The minimum atomic E-state index is -0.669. The van der Waals surface area contributed by atoms with E-state index in [1.807, 2.05) is 39.0 Å². The van der Waals surface area contributed by atoms with Gasteiger partial charge in [0.2, 0.25) is 0 Å². The van der Waals surface area contributed by atoms with E-state index < -0.39 is 17.3 Å². The van der Waals surface area contributed by atoms with Crippen molar-refractivity contribution in [1.82, 2.24) is 14.9 Å². The van der Waals surface area contributed by atoms with Crippen LogP contribution in [-0.4, -0.2) is 52.7 Å². The van der Waals surface area contributed by atoms with E-state index in [2.05, 4.69) is 15.3 Å². The fourth-order valence-electron chi connectivity index (χ4n) is 3.79. The highest BCUT2D eigenvalue weighted by molar-refractivity contribution is 5.94. The summed E-state index contributed by atoms with van der Waals surface area (Å²) < 4.78 is 10.9. The second-order valence-corrected chi connectivity index (χ2v) is 11.5. The van der Waals surface area contributed by atoms with Crippen molar-refractivity contribution in [2.24, 2.45) is 5.41 Å². The van der Waals surface area contributed by atoms with Crippen LogP contribution in [0.2, 0.25) is 0 Å². The molecular formula is C28H37N5O5. The van der Waals surface area contributed by atoms with E-state index >= 15 is 0 Å². The number of aromatic nitrogens is 2. The number of rotatable bonds is 6. The minimum absolute atomic E-state index is 0.0839. The highest BCUT2D eigenvalue weighted by Crippen LogP contribution is 2.26. The number of ether oxygens (including phenoxy) is 1. The number of nitrogens with one attached hydrogen (secondary N) is 1. The van der Waals surface area contributed by atoms with Gasteiger partial charge in [0.1, 0.15) is 5.60 Å². The summed E-state index contributed by atoms with van der Waals surface area (Å²) in [6.45, 7) is 13.6. The molecule has 0 bridgehead atoms. The number of urea groups is 1. The van der Waals surface area contributed by atoms with E-state index in [1.54, 1.807) is 58.0 Å². The van der Waals surface area contributed by atoms with Crippen molar-refractivity contribution in [2.75, 3.05) is 30.4 Å². The largest absolute Gasteiger partial charge is 0.444 e. The van der Waals surface area contributed by atoms with Crippen molar-refractivity contribution in [3.8, 4) is 0 Å². The summed E-state index contributed by atoms with van der Waals surface area (Å²) in [6.07, 6.45) is 1.66. The summed E-state index contributed by atoms with van der Waals surface area (Å²) >= 11 is 0. The summed E-state index contributed by atoms with van der Waals surface area (Å²) in [5.41, 5.74) is 0.496. The van der Waals surface area contributed by atoms with Crippen LogP contribution in [0.3, 0.4) is 0 Å². The Labute approximate surface area is 223 Å². The molecule has 38 heavy (non-hydrogen) atoms. The van der Waals surface area contributed by atoms with Crippen LogP contribution in [0, 0.1) is 12.3 Å². The van der Waals surface area contributed by atoms with Crippen molar-refractivity contribution in [3.63, 3.8) is 0 Å². The maximum atomic E-state index is 13.5. The SMILES string of the molecule is Cc1c(NC(=O)OC(C)(C)C)ccc2nc(N(CC(C)(C)C)C(=O)N(C)CCc3ccccn3)oc(=O)c12. The van der Waals surface area contributed by atoms with Crippen molar-refractivity contribution in [3.05, 3.63) is 58.2 Å². The molecule has 1 aromatic carbocycles. The van der Waals surface area contributed by atoms with E-state index in [-0.39, 0.29) is 29.4 Å². The van der Waals surface area contributed by atoms with E-state index in [4.69, 9.17) is 9.15 Å². The molecular weight excluding hydrogens is 486 g/mol. The molecule has 3 aromatic rings. The first-order valence-corrected chi connectivity index (χ1v) is 12.5. The zero-order chi connectivity index (χ0) is 28.3. The predicted molar refractivity (Wildman–Crippen MR) is 148 cm³/mol. The maximum Gasteiger partial charge on any atom is 0.412 e. The number of fused-ring (bicyclic) bond motifs is 1. The molecule has 3 amide bonds. The van der Waals surface area contributed by atoms with E-state index in [0.717, 1.165) is 5.69 Å². The number of amides is 3. The number of pyridine rings is 1. The third kappa shape index (κ3) is 7.53. The number of aryl methyl sites for hydroxylation is 1. The third-order valence-corrected chi connectivity index (χ3v) is 5.53. The van der Waals surface area contributed by atoms with Crippen LogP contribution in [0.1, 0.15) is 52.8 Å². The topological polar surface area (TPSA) is 118 Å². The molecule has 0 atom stereocenters. The molecule has 2 aromatic heterocycles. The van der Waals surface area contributed by atoms with Crippen LogP contribution in [-0.2, 0) is 11.2 Å². The van der Waals surface area contributed by atoms with Gasteiger partial charge in [0.25, 0.3) is 0 Å². The number of hydrogen-bond donors (Lipinski definition) is 1.